The molecule has 0 amide bonds. The number of nitrogens with one attached hydrogen (secondary N) is 1. The lowest BCUT2D eigenvalue weighted by atomic mass is 9.73. The van der Waals surface area contributed by atoms with Crippen LogP contribution in [0.1, 0.15) is 53.0 Å². The SMILES string of the molecule is CCN1C2Nc3ncccc3C2C(C(C)C)C1C(=O)C(C)(C)C. The first-order valence-electron chi connectivity index (χ1n) is 8.79. The van der Waals surface area contributed by atoms with Gasteiger partial charge in [-0.2, -0.15) is 0 Å². The highest BCUT2D eigenvalue weighted by molar-refractivity contribution is 5.90. The minimum atomic E-state index is -0.318. The van der Waals surface area contributed by atoms with Crippen molar-refractivity contribution in [3.8, 4) is 0 Å². The molecule has 0 saturated carbocycles. The van der Waals surface area contributed by atoms with E-state index >= 15 is 0 Å². The summed E-state index contributed by atoms with van der Waals surface area (Å²) >= 11 is 0. The Labute approximate surface area is 139 Å². The average Bonchev–Trinajstić information content (AvgIpc) is 2.98. The van der Waals surface area contributed by atoms with Crippen LogP contribution in [0.25, 0.3) is 0 Å². The van der Waals surface area contributed by atoms with E-state index in [4.69, 9.17) is 0 Å². The number of rotatable bonds is 3. The molecule has 1 N–H and O–H groups in total. The van der Waals surface area contributed by atoms with Gasteiger partial charge >= 0.3 is 0 Å². The zero-order valence-electron chi connectivity index (χ0n) is 15.1. The van der Waals surface area contributed by atoms with Gasteiger partial charge < -0.3 is 5.32 Å². The fourth-order valence-electron chi connectivity index (χ4n) is 4.45. The van der Waals surface area contributed by atoms with E-state index < -0.39 is 0 Å². The Balaban J connectivity index is 2.07. The van der Waals surface area contributed by atoms with Crippen molar-refractivity contribution in [3.63, 3.8) is 0 Å². The minimum Gasteiger partial charge on any atom is -0.354 e. The predicted molar refractivity (Wildman–Crippen MR) is 93.3 cm³/mol. The van der Waals surface area contributed by atoms with E-state index in [0.717, 1.165) is 12.4 Å². The van der Waals surface area contributed by atoms with Crippen molar-refractivity contribution in [2.24, 2.45) is 17.3 Å². The van der Waals surface area contributed by atoms with Crippen molar-refractivity contribution in [1.29, 1.82) is 0 Å². The molecule has 1 aromatic rings. The first-order valence-corrected chi connectivity index (χ1v) is 8.79. The molecular weight excluding hydrogens is 286 g/mol. The van der Waals surface area contributed by atoms with Crippen LogP contribution in [0.2, 0.25) is 0 Å². The molecule has 1 aromatic heterocycles. The van der Waals surface area contributed by atoms with E-state index in [2.05, 4.69) is 42.0 Å². The molecule has 0 bridgehead atoms. The lowest BCUT2D eigenvalue weighted by molar-refractivity contribution is -0.132. The second-order valence-electron chi connectivity index (χ2n) is 8.27. The molecule has 126 valence electrons. The second kappa shape index (κ2) is 5.59. The van der Waals surface area contributed by atoms with Crippen molar-refractivity contribution < 1.29 is 4.79 Å². The fraction of sp³-hybridized carbons (Fsp3) is 0.684. The molecule has 0 spiro atoms. The van der Waals surface area contributed by atoms with E-state index in [1.165, 1.54) is 5.56 Å². The number of Topliss-reactive ketones (excluding diaryl/α,β-unsaturated/α-hetero) is 1. The molecule has 3 rings (SSSR count). The largest absolute Gasteiger partial charge is 0.354 e. The van der Waals surface area contributed by atoms with E-state index in [1.54, 1.807) is 0 Å². The summed E-state index contributed by atoms with van der Waals surface area (Å²) in [5, 5.41) is 3.58. The van der Waals surface area contributed by atoms with E-state index in [-0.39, 0.29) is 17.6 Å². The van der Waals surface area contributed by atoms with Gasteiger partial charge in [-0.3, -0.25) is 9.69 Å². The molecule has 4 nitrogen and oxygen atoms in total. The second-order valence-corrected chi connectivity index (χ2v) is 8.27. The summed E-state index contributed by atoms with van der Waals surface area (Å²) in [5.74, 6) is 2.47. The number of ketones is 1. The maximum Gasteiger partial charge on any atom is 0.155 e. The number of hydrogen-bond donors (Lipinski definition) is 1. The first-order chi connectivity index (χ1) is 10.8. The molecule has 1 saturated heterocycles. The fourth-order valence-corrected chi connectivity index (χ4v) is 4.45. The molecule has 4 unspecified atom stereocenters. The lowest BCUT2D eigenvalue weighted by Crippen LogP contribution is -2.49. The van der Waals surface area contributed by atoms with Crippen LogP contribution >= 0.6 is 0 Å². The summed E-state index contributed by atoms with van der Waals surface area (Å²) in [7, 11) is 0. The number of carbonyl (C=O) groups excluding carboxylic acids is 1. The van der Waals surface area contributed by atoms with Crippen LogP contribution in [-0.4, -0.2) is 34.4 Å². The van der Waals surface area contributed by atoms with Gasteiger partial charge in [-0.15, -0.1) is 0 Å². The number of pyridine rings is 1. The molecular formula is C19H29N3O. The van der Waals surface area contributed by atoms with Crippen LogP contribution in [0.5, 0.6) is 0 Å². The van der Waals surface area contributed by atoms with Crippen LogP contribution in [0, 0.1) is 17.3 Å². The molecule has 2 aliphatic rings. The van der Waals surface area contributed by atoms with Crippen molar-refractivity contribution in [3.05, 3.63) is 23.9 Å². The van der Waals surface area contributed by atoms with E-state index in [0.29, 0.717) is 23.5 Å². The standard InChI is InChI=1S/C19H29N3O/c1-7-22-15(16(23)19(4,5)6)13(11(2)3)14-12-9-8-10-20-17(12)21-18(14)22/h8-11,13-15,18H,7H2,1-6H3,(H,20,21). The summed E-state index contributed by atoms with van der Waals surface area (Å²) in [4.78, 5) is 20.1. The van der Waals surface area contributed by atoms with E-state index in [9.17, 15) is 4.79 Å². The molecule has 4 atom stereocenters. The van der Waals surface area contributed by atoms with Crippen molar-refractivity contribution in [2.45, 2.75) is 59.7 Å². The normalized spacial score (nSPS) is 30.2. The molecule has 0 radical (unpaired) electrons. The summed E-state index contributed by atoms with van der Waals surface area (Å²) < 4.78 is 0. The minimum absolute atomic E-state index is 0.0177. The van der Waals surface area contributed by atoms with Crippen LogP contribution < -0.4 is 5.32 Å². The number of likely N-dealkylation sites (tertiary alicyclic amines) is 1. The predicted octanol–water partition coefficient (Wildman–Crippen LogP) is 3.51. The van der Waals surface area contributed by atoms with E-state index in [1.807, 2.05) is 33.0 Å². The van der Waals surface area contributed by atoms with Crippen LogP contribution in [0.15, 0.2) is 18.3 Å². The van der Waals surface area contributed by atoms with Gasteiger partial charge in [-0.25, -0.2) is 4.98 Å². The smallest absolute Gasteiger partial charge is 0.155 e. The van der Waals surface area contributed by atoms with Gasteiger partial charge in [-0.05, 0) is 24.4 Å². The Morgan fingerprint density at radius 3 is 2.65 bits per heavy atom. The zero-order valence-corrected chi connectivity index (χ0v) is 15.1. The van der Waals surface area contributed by atoms with Gasteiger partial charge in [0.1, 0.15) is 5.82 Å². The molecule has 3 heterocycles. The Kier molecular flexibility index (Phi) is 3.99. The molecule has 1 fully saturated rings. The molecule has 2 aliphatic heterocycles. The average molecular weight is 315 g/mol. The number of anilines is 1. The maximum absolute atomic E-state index is 13.2. The summed E-state index contributed by atoms with van der Waals surface area (Å²) in [5.41, 5.74) is 0.959. The van der Waals surface area contributed by atoms with Crippen molar-refractivity contribution in [1.82, 2.24) is 9.88 Å². The highest BCUT2D eigenvalue weighted by atomic mass is 16.1. The zero-order chi connectivity index (χ0) is 16.9. The van der Waals surface area contributed by atoms with Gasteiger partial charge in [0.15, 0.2) is 5.78 Å². The summed E-state index contributed by atoms with van der Waals surface area (Å²) in [6, 6.07) is 4.17. The first kappa shape index (κ1) is 16.4. The van der Waals surface area contributed by atoms with Crippen LogP contribution in [0.4, 0.5) is 5.82 Å². The number of nitrogens with zero attached hydrogens (tertiary/aromatic N) is 2. The Hall–Kier alpha value is -1.42. The van der Waals surface area contributed by atoms with Crippen molar-refractivity contribution >= 4 is 11.6 Å². The Morgan fingerprint density at radius 2 is 2.09 bits per heavy atom. The maximum atomic E-state index is 13.2. The quantitative estimate of drug-likeness (QED) is 0.927. The Morgan fingerprint density at radius 1 is 1.39 bits per heavy atom. The monoisotopic (exact) mass is 315 g/mol. The summed E-state index contributed by atoms with van der Waals surface area (Å²) in [6.07, 6.45) is 2.03. The number of fused-ring (bicyclic) bond motifs is 3. The number of carbonyl (C=O) groups is 1. The van der Waals surface area contributed by atoms with Gasteiger partial charge in [0.05, 0.1) is 12.2 Å². The van der Waals surface area contributed by atoms with Gasteiger partial charge in [-0.1, -0.05) is 47.6 Å². The highest BCUT2D eigenvalue weighted by Gasteiger charge is 2.57. The Bertz CT molecular complexity index is 605. The number of likely N-dealkylation sites (N-methyl/N-ethyl adjacent to an activating group) is 1. The van der Waals surface area contributed by atoms with Gasteiger partial charge in [0.2, 0.25) is 0 Å². The highest BCUT2D eigenvalue weighted by Crippen LogP contribution is 2.52. The van der Waals surface area contributed by atoms with Crippen LogP contribution in [-0.2, 0) is 4.79 Å². The third-order valence-electron chi connectivity index (χ3n) is 5.46. The number of hydrogen-bond acceptors (Lipinski definition) is 4. The van der Waals surface area contributed by atoms with Crippen molar-refractivity contribution in [2.75, 3.05) is 11.9 Å². The van der Waals surface area contributed by atoms with Gasteiger partial charge in [0.25, 0.3) is 0 Å². The lowest BCUT2D eigenvalue weighted by Gasteiger charge is -2.35. The molecule has 4 heteroatoms. The topological polar surface area (TPSA) is 45.2 Å². The summed E-state index contributed by atoms with van der Waals surface area (Å²) in [6.45, 7) is 13.6. The molecule has 23 heavy (non-hydrogen) atoms. The number of aromatic nitrogens is 1. The third-order valence-corrected chi connectivity index (χ3v) is 5.46. The third kappa shape index (κ3) is 2.47. The molecule has 0 aliphatic carbocycles. The van der Waals surface area contributed by atoms with Gasteiger partial charge in [0, 0.05) is 23.1 Å². The molecule has 0 aromatic carbocycles. The van der Waals surface area contributed by atoms with Crippen LogP contribution in [0.3, 0.4) is 0 Å².